The summed E-state index contributed by atoms with van der Waals surface area (Å²) in [4.78, 5) is 26.7. The molecule has 2 amide bonds. The number of benzene rings is 1. The highest BCUT2D eigenvalue weighted by Gasteiger charge is 2.59. The number of carbonyl (C=O) groups excluding carboxylic acids is 2. The number of carbonyl (C=O) groups is 2. The lowest BCUT2D eigenvalue weighted by Gasteiger charge is -2.17. The Balaban J connectivity index is 1.67. The molecule has 1 saturated carbocycles. The molecule has 0 aromatic heterocycles. The summed E-state index contributed by atoms with van der Waals surface area (Å²) in [5.41, 5.74) is 1.84. The second kappa shape index (κ2) is 4.53. The van der Waals surface area contributed by atoms with Crippen LogP contribution in [0.2, 0.25) is 0 Å². The molecular weight excluding hydrogens is 280 g/mol. The van der Waals surface area contributed by atoms with Crippen LogP contribution in [0.3, 0.4) is 0 Å². The van der Waals surface area contributed by atoms with E-state index in [0.29, 0.717) is 11.4 Å². The van der Waals surface area contributed by atoms with Crippen molar-refractivity contribution < 1.29 is 14.8 Å². The lowest BCUT2D eigenvalue weighted by atomic mass is 9.85. The third-order valence-corrected chi connectivity index (χ3v) is 5.16. The van der Waals surface area contributed by atoms with Gasteiger partial charge in [-0.3, -0.25) is 14.5 Å². The Labute approximate surface area is 127 Å². The van der Waals surface area contributed by atoms with Crippen molar-refractivity contribution >= 4 is 23.2 Å². The van der Waals surface area contributed by atoms with E-state index in [1.807, 2.05) is 0 Å². The molecule has 2 bridgehead atoms. The van der Waals surface area contributed by atoms with E-state index in [1.165, 1.54) is 4.90 Å². The quantitative estimate of drug-likeness (QED) is 0.299. The van der Waals surface area contributed by atoms with E-state index in [1.54, 1.807) is 31.2 Å². The van der Waals surface area contributed by atoms with Gasteiger partial charge in [0.2, 0.25) is 11.8 Å². The number of hydrogen-bond acceptors (Lipinski definition) is 4. The Kier molecular flexibility index (Phi) is 2.73. The van der Waals surface area contributed by atoms with Gasteiger partial charge < -0.3 is 5.21 Å². The monoisotopic (exact) mass is 296 g/mol. The molecule has 5 heteroatoms. The fraction of sp³-hybridized carbons (Fsp3) is 0.353. The minimum atomic E-state index is -0.178. The summed E-state index contributed by atoms with van der Waals surface area (Å²) in [6, 6.07) is 6.98. The highest BCUT2D eigenvalue weighted by Crippen LogP contribution is 2.53. The summed E-state index contributed by atoms with van der Waals surface area (Å²) in [7, 11) is 0. The van der Waals surface area contributed by atoms with Gasteiger partial charge in [-0.05, 0) is 42.9 Å². The Morgan fingerprint density at radius 3 is 2.14 bits per heavy atom. The van der Waals surface area contributed by atoms with E-state index < -0.39 is 0 Å². The second-order valence-electron chi connectivity index (χ2n) is 6.24. The molecule has 3 aliphatic rings. The zero-order chi connectivity index (χ0) is 15.4. The van der Waals surface area contributed by atoms with E-state index in [4.69, 9.17) is 5.21 Å². The molecule has 4 unspecified atom stereocenters. The fourth-order valence-corrected chi connectivity index (χ4v) is 4.07. The number of hydrogen-bond donors (Lipinski definition) is 1. The number of nitrogens with zero attached hydrogens (tertiary/aromatic N) is 2. The first-order valence-corrected chi connectivity index (χ1v) is 7.47. The fourth-order valence-electron chi connectivity index (χ4n) is 4.07. The van der Waals surface area contributed by atoms with Crippen molar-refractivity contribution in [3.8, 4) is 0 Å². The number of fused-ring (bicyclic) bond motifs is 5. The van der Waals surface area contributed by atoms with Gasteiger partial charge in [0.15, 0.2) is 0 Å². The van der Waals surface area contributed by atoms with E-state index in [2.05, 4.69) is 17.3 Å². The lowest BCUT2D eigenvalue weighted by Crippen LogP contribution is -2.32. The van der Waals surface area contributed by atoms with E-state index >= 15 is 0 Å². The van der Waals surface area contributed by atoms with Crippen molar-refractivity contribution in [2.45, 2.75) is 13.3 Å². The van der Waals surface area contributed by atoms with Gasteiger partial charge in [0.25, 0.3) is 0 Å². The predicted octanol–water partition coefficient (Wildman–Crippen LogP) is 2.20. The SMILES string of the molecule is C/C(=N\O)c1ccc(N2C(=O)C3C4C=CC(C4)C3C2=O)cc1. The van der Waals surface area contributed by atoms with Crippen LogP contribution in [0, 0.1) is 23.7 Å². The summed E-state index contributed by atoms with van der Waals surface area (Å²) in [6.45, 7) is 1.69. The molecule has 2 fully saturated rings. The molecule has 4 atom stereocenters. The summed E-state index contributed by atoms with van der Waals surface area (Å²) in [5.74, 6) is -0.0656. The molecule has 1 N–H and O–H groups in total. The molecule has 22 heavy (non-hydrogen) atoms. The molecule has 2 aliphatic carbocycles. The molecule has 112 valence electrons. The number of oxime groups is 1. The van der Waals surface area contributed by atoms with Crippen LogP contribution in [0.1, 0.15) is 18.9 Å². The van der Waals surface area contributed by atoms with Gasteiger partial charge in [-0.1, -0.05) is 29.4 Å². The molecule has 1 saturated heterocycles. The topological polar surface area (TPSA) is 70.0 Å². The van der Waals surface area contributed by atoms with Crippen LogP contribution in [0.25, 0.3) is 0 Å². The average Bonchev–Trinajstić information content (AvgIpc) is 3.21. The second-order valence-corrected chi connectivity index (χ2v) is 6.24. The number of allylic oxidation sites excluding steroid dienone is 2. The molecule has 1 aromatic carbocycles. The Bertz CT molecular complexity index is 690. The largest absolute Gasteiger partial charge is 0.411 e. The maximum atomic E-state index is 12.7. The van der Waals surface area contributed by atoms with Crippen molar-refractivity contribution in [1.82, 2.24) is 0 Å². The number of anilines is 1. The van der Waals surface area contributed by atoms with Gasteiger partial charge in [-0.2, -0.15) is 0 Å². The van der Waals surface area contributed by atoms with Crippen LogP contribution in [0.5, 0.6) is 0 Å². The van der Waals surface area contributed by atoms with Crippen molar-refractivity contribution in [2.24, 2.45) is 28.8 Å². The summed E-state index contributed by atoms with van der Waals surface area (Å²) in [6.07, 6.45) is 5.11. The molecule has 1 heterocycles. The zero-order valence-electron chi connectivity index (χ0n) is 12.1. The zero-order valence-corrected chi connectivity index (χ0v) is 12.1. The lowest BCUT2D eigenvalue weighted by molar-refractivity contribution is -0.123. The number of rotatable bonds is 2. The van der Waals surface area contributed by atoms with Crippen molar-refractivity contribution in [1.29, 1.82) is 0 Å². The van der Waals surface area contributed by atoms with Crippen LogP contribution in [0.4, 0.5) is 5.69 Å². The van der Waals surface area contributed by atoms with Crippen LogP contribution in [-0.4, -0.2) is 22.7 Å². The van der Waals surface area contributed by atoms with Crippen LogP contribution >= 0.6 is 0 Å². The van der Waals surface area contributed by atoms with Gasteiger partial charge in [-0.15, -0.1) is 0 Å². The first kappa shape index (κ1) is 13.2. The predicted molar refractivity (Wildman–Crippen MR) is 80.6 cm³/mol. The van der Waals surface area contributed by atoms with Gasteiger partial charge in [0.05, 0.1) is 23.2 Å². The number of imide groups is 1. The molecule has 4 rings (SSSR count). The van der Waals surface area contributed by atoms with Crippen LogP contribution < -0.4 is 4.90 Å². The first-order valence-electron chi connectivity index (χ1n) is 7.47. The van der Waals surface area contributed by atoms with Gasteiger partial charge >= 0.3 is 0 Å². The molecule has 5 nitrogen and oxygen atoms in total. The van der Waals surface area contributed by atoms with E-state index in [-0.39, 0.29) is 35.5 Å². The Morgan fingerprint density at radius 2 is 1.64 bits per heavy atom. The summed E-state index contributed by atoms with van der Waals surface area (Å²) in [5, 5.41) is 11.9. The standard InChI is InChI=1S/C17H16N2O3/c1-9(18-22)10-4-6-13(7-5-10)19-16(20)14-11-2-3-12(8-11)15(14)17(19)21/h2-7,11-12,14-15,22H,8H2,1H3/b18-9+. The minimum absolute atomic E-state index is 0.0767. The van der Waals surface area contributed by atoms with E-state index in [9.17, 15) is 9.59 Å². The highest BCUT2D eigenvalue weighted by atomic mass is 16.4. The summed E-state index contributed by atoms with van der Waals surface area (Å²) >= 11 is 0. The first-order chi connectivity index (χ1) is 10.6. The molecular formula is C17H16N2O3. The molecule has 1 aliphatic heterocycles. The van der Waals surface area contributed by atoms with Gasteiger partial charge in [0.1, 0.15) is 0 Å². The van der Waals surface area contributed by atoms with Crippen LogP contribution in [-0.2, 0) is 9.59 Å². The Morgan fingerprint density at radius 1 is 1.09 bits per heavy atom. The van der Waals surface area contributed by atoms with Crippen LogP contribution in [0.15, 0.2) is 41.6 Å². The maximum absolute atomic E-state index is 12.7. The third kappa shape index (κ3) is 1.62. The minimum Gasteiger partial charge on any atom is -0.411 e. The number of amides is 2. The van der Waals surface area contributed by atoms with Gasteiger partial charge in [0, 0.05) is 0 Å². The van der Waals surface area contributed by atoms with Crippen molar-refractivity contribution in [3.63, 3.8) is 0 Å². The van der Waals surface area contributed by atoms with E-state index in [0.717, 1.165) is 12.0 Å². The van der Waals surface area contributed by atoms with Crippen molar-refractivity contribution in [2.75, 3.05) is 4.90 Å². The maximum Gasteiger partial charge on any atom is 0.238 e. The normalized spacial score (nSPS) is 33.0. The summed E-state index contributed by atoms with van der Waals surface area (Å²) < 4.78 is 0. The molecule has 1 aromatic rings. The molecule has 0 radical (unpaired) electrons. The Hall–Kier alpha value is -2.43. The van der Waals surface area contributed by atoms with Crippen molar-refractivity contribution in [3.05, 3.63) is 42.0 Å². The smallest absolute Gasteiger partial charge is 0.238 e. The van der Waals surface area contributed by atoms with Gasteiger partial charge in [-0.25, -0.2) is 0 Å². The third-order valence-electron chi connectivity index (χ3n) is 5.16. The highest BCUT2D eigenvalue weighted by molar-refractivity contribution is 6.22. The average molecular weight is 296 g/mol. The molecule has 0 spiro atoms.